The largest absolute Gasteiger partial charge is 0.346 e. The van der Waals surface area contributed by atoms with Crippen molar-refractivity contribution in [3.63, 3.8) is 0 Å². The number of likely N-dealkylation sites (N-methyl/N-ethyl adjacent to an activating group) is 1. The molecule has 1 aliphatic rings. The van der Waals surface area contributed by atoms with E-state index in [4.69, 9.17) is 5.73 Å². The van der Waals surface area contributed by atoms with Crippen molar-refractivity contribution in [3.05, 3.63) is 23.9 Å². The van der Waals surface area contributed by atoms with Crippen LogP contribution in [0.15, 0.2) is 18.3 Å². The molecule has 2 heterocycles. The molecule has 0 aromatic carbocycles. The Hall–Kier alpha value is -1.62. The van der Waals surface area contributed by atoms with Crippen molar-refractivity contribution in [2.45, 2.75) is 13.0 Å². The second kappa shape index (κ2) is 4.71. The number of carbonyl (C=O) groups excluding carboxylic acids is 1. The number of hydrogen-bond donors (Lipinski definition) is 1. The van der Waals surface area contributed by atoms with E-state index >= 15 is 0 Å². The molecule has 0 unspecified atom stereocenters. The minimum absolute atomic E-state index is 0.00864. The Labute approximate surface area is 101 Å². The fourth-order valence-corrected chi connectivity index (χ4v) is 1.81. The molecular formula is C12H18N4O. The van der Waals surface area contributed by atoms with Crippen LogP contribution >= 0.6 is 0 Å². The molecule has 0 spiro atoms. The Kier molecular flexibility index (Phi) is 3.28. The Balaban J connectivity index is 2.10. The van der Waals surface area contributed by atoms with Crippen LogP contribution in [-0.2, 0) is 4.79 Å². The van der Waals surface area contributed by atoms with Crippen molar-refractivity contribution in [3.8, 4) is 0 Å². The number of aromatic nitrogens is 1. The number of piperazine rings is 1. The smallest absolute Gasteiger partial charge is 0.241 e. The molecule has 1 aromatic heterocycles. The van der Waals surface area contributed by atoms with Crippen molar-refractivity contribution in [2.75, 3.05) is 31.6 Å². The Morgan fingerprint density at radius 1 is 1.41 bits per heavy atom. The highest BCUT2D eigenvalue weighted by Gasteiger charge is 2.21. The summed E-state index contributed by atoms with van der Waals surface area (Å²) in [5.41, 5.74) is 6.78. The maximum Gasteiger partial charge on any atom is 0.241 e. The van der Waals surface area contributed by atoms with E-state index in [0.717, 1.165) is 24.5 Å². The van der Waals surface area contributed by atoms with Crippen LogP contribution in [0.3, 0.4) is 0 Å². The Morgan fingerprint density at radius 2 is 2.18 bits per heavy atom. The van der Waals surface area contributed by atoms with Gasteiger partial charge in [-0.15, -0.1) is 0 Å². The molecule has 1 aromatic rings. The third kappa shape index (κ3) is 2.55. The average Bonchev–Trinajstić information content (AvgIpc) is 2.33. The molecule has 2 N–H and O–H groups in total. The maximum absolute atomic E-state index is 11.6. The van der Waals surface area contributed by atoms with E-state index in [-0.39, 0.29) is 11.9 Å². The quantitative estimate of drug-likeness (QED) is 0.803. The van der Waals surface area contributed by atoms with Gasteiger partial charge in [0.2, 0.25) is 5.91 Å². The van der Waals surface area contributed by atoms with Crippen LogP contribution in [0, 0.1) is 0 Å². The Morgan fingerprint density at radius 3 is 2.71 bits per heavy atom. The van der Waals surface area contributed by atoms with Gasteiger partial charge in [0.05, 0.1) is 6.54 Å². The molecule has 0 saturated carbocycles. The summed E-state index contributed by atoms with van der Waals surface area (Å²) in [6.07, 6.45) is 1.78. The monoisotopic (exact) mass is 234 g/mol. The van der Waals surface area contributed by atoms with Gasteiger partial charge in [0.25, 0.3) is 0 Å². The summed E-state index contributed by atoms with van der Waals surface area (Å²) in [7, 11) is 1.83. The molecule has 0 aliphatic carbocycles. The molecular weight excluding hydrogens is 216 g/mol. The van der Waals surface area contributed by atoms with Crippen molar-refractivity contribution in [2.24, 2.45) is 5.73 Å². The molecule has 1 fully saturated rings. The summed E-state index contributed by atoms with van der Waals surface area (Å²) in [4.78, 5) is 19.7. The minimum atomic E-state index is -0.00864. The highest BCUT2D eigenvalue weighted by molar-refractivity contribution is 5.82. The predicted octanol–water partition coefficient (Wildman–Crippen LogP) is 0.380. The number of anilines is 1. The standard InChI is InChI=1S/C12H18N4O/c1-9(13)10-3-4-11(14-7-10)16-6-5-15(2)12(17)8-16/h3-4,7,9H,5-6,8,13H2,1-2H3/t9-/m0/s1. The molecule has 2 rings (SSSR count). The van der Waals surface area contributed by atoms with Crippen molar-refractivity contribution >= 4 is 11.7 Å². The summed E-state index contributed by atoms with van der Waals surface area (Å²) in [5, 5.41) is 0. The van der Waals surface area contributed by atoms with Crippen LogP contribution in [0.2, 0.25) is 0 Å². The number of carbonyl (C=O) groups is 1. The maximum atomic E-state index is 11.6. The number of nitrogens with two attached hydrogens (primary N) is 1. The Bertz CT molecular complexity index is 401. The summed E-state index contributed by atoms with van der Waals surface area (Å²) in [6, 6.07) is 3.89. The zero-order valence-corrected chi connectivity index (χ0v) is 10.3. The molecule has 5 nitrogen and oxygen atoms in total. The number of amides is 1. The first-order chi connectivity index (χ1) is 8.08. The zero-order chi connectivity index (χ0) is 12.4. The fourth-order valence-electron chi connectivity index (χ4n) is 1.81. The van der Waals surface area contributed by atoms with E-state index in [9.17, 15) is 4.79 Å². The van der Waals surface area contributed by atoms with Gasteiger partial charge in [0.15, 0.2) is 0 Å². The molecule has 17 heavy (non-hydrogen) atoms. The van der Waals surface area contributed by atoms with Crippen molar-refractivity contribution in [1.82, 2.24) is 9.88 Å². The van der Waals surface area contributed by atoms with E-state index in [1.165, 1.54) is 0 Å². The molecule has 1 aliphatic heterocycles. The second-order valence-electron chi connectivity index (χ2n) is 4.48. The van der Waals surface area contributed by atoms with Gasteiger partial charge in [-0.25, -0.2) is 4.98 Å². The van der Waals surface area contributed by atoms with Crippen LogP contribution in [0.25, 0.3) is 0 Å². The van der Waals surface area contributed by atoms with Crippen LogP contribution < -0.4 is 10.6 Å². The second-order valence-corrected chi connectivity index (χ2v) is 4.48. The first-order valence-electron chi connectivity index (χ1n) is 5.78. The molecule has 1 amide bonds. The van der Waals surface area contributed by atoms with Gasteiger partial charge in [-0.3, -0.25) is 4.79 Å². The van der Waals surface area contributed by atoms with E-state index < -0.39 is 0 Å². The van der Waals surface area contributed by atoms with E-state index in [2.05, 4.69) is 4.98 Å². The topological polar surface area (TPSA) is 62.5 Å². The number of hydrogen-bond acceptors (Lipinski definition) is 4. The summed E-state index contributed by atoms with van der Waals surface area (Å²) < 4.78 is 0. The molecule has 1 saturated heterocycles. The van der Waals surface area contributed by atoms with Gasteiger partial charge in [0, 0.05) is 32.4 Å². The SMILES string of the molecule is C[C@H](N)c1ccc(N2CCN(C)C(=O)C2)nc1. The number of rotatable bonds is 2. The normalized spacial score (nSPS) is 18.4. The average molecular weight is 234 g/mol. The van der Waals surface area contributed by atoms with Gasteiger partial charge in [-0.05, 0) is 18.6 Å². The zero-order valence-electron chi connectivity index (χ0n) is 10.3. The molecule has 5 heteroatoms. The van der Waals surface area contributed by atoms with Crippen LogP contribution in [0.4, 0.5) is 5.82 Å². The van der Waals surface area contributed by atoms with Crippen LogP contribution in [0.5, 0.6) is 0 Å². The van der Waals surface area contributed by atoms with Gasteiger partial charge in [0.1, 0.15) is 5.82 Å². The first kappa shape index (κ1) is 11.9. The number of pyridine rings is 1. The van der Waals surface area contributed by atoms with Crippen molar-refractivity contribution in [1.29, 1.82) is 0 Å². The van der Waals surface area contributed by atoms with Crippen molar-refractivity contribution < 1.29 is 4.79 Å². The third-order valence-corrected chi connectivity index (χ3v) is 3.08. The lowest BCUT2D eigenvalue weighted by molar-refractivity contribution is -0.129. The lowest BCUT2D eigenvalue weighted by Crippen LogP contribution is -2.48. The summed E-state index contributed by atoms with van der Waals surface area (Å²) in [6.45, 7) is 3.90. The van der Waals surface area contributed by atoms with Crippen LogP contribution in [-0.4, -0.2) is 42.5 Å². The predicted molar refractivity (Wildman–Crippen MR) is 66.7 cm³/mol. The molecule has 92 valence electrons. The minimum Gasteiger partial charge on any atom is -0.346 e. The summed E-state index contributed by atoms with van der Waals surface area (Å²) >= 11 is 0. The highest BCUT2D eigenvalue weighted by Crippen LogP contribution is 2.16. The van der Waals surface area contributed by atoms with Crippen LogP contribution in [0.1, 0.15) is 18.5 Å². The number of nitrogens with zero attached hydrogens (tertiary/aromatic N) is 3. The highest BCUT2D eigenvalue weighted by atomic mass is 16.2. The molecule has 0 bridgehead atoms. The van der Waals surface area contributed by atoms with Gasteiger partial charge >= 0.3 is 0 Å². The molecule has 0 radical (unpaired) electrons. The lowest BCUT2D eigenvalue weighted by Gasteiger charge is -2.32. The first-order valence-corrected chi connectivity index (χ1v) is 5.78. The van der Waals surface area contributed by atoms with Gasteiger partial charge in [-0.2, -0.15) is 0 Å². The van der Waals surface area contributed by atoms with E-state index in [0.29, 0.717) is 6.54 Å². The van der Waals surface area contributed by atoms with E-state index in [1.54, 1.807) is 11.1 Å². The van der Waals surface area contributed by atoms with Gasteiger partial charge in [-0.1, -0.05) is 6.07 Å². The molecule has 1 atom stereocenters. The third-order valence-electron chi connectivity index (χ3n) is 3.08. The lowest BCUT2D eigenvalue weighted by atomic mass is 10.1. The van der Waals surface area contributed by atoms with E-state index in [1.807, 2.05) is 31.0 Å². The summed E-state index contributed by atoms with van der Waals surface area (Å²) in [5.74, 6) is 0.977. The van der Waals surface area contributed by atoms with Gasteiger partial charge < -0.3 is 15.5 Å². The fraction of sp³-hybridized carbons (Fsp3) is 0.500.